The summed E-state index contributed by atoms with van der Waals surface area (Å²) in [6, 6.07) is 5.15. The third kappa shape index (κ3) is 3.33. The van der Waals surface area contributed by atoms with Gasteiger partial charge in [0, 0.05) is 43.9 Å². The van der Waals surface area contributed by atoms with Gasteiger partial charge in [-0.15, -0.1) is 6.58 Å². The van der Waals surface area contributed by atoms with E-state index >= 15 is 0 Å². The summed E-state index contributed by atoms with van der Waals surface area (Å²) in [5.41, 5.74) is 0.725. The van der Waals surface area contributed by atoms with Crippen molar-refractivity contribution >= 4 is 0 Å². The first kappa shape index (κ1) is 14.0. The van der Waals surface area contributed by atoms with Gasteiger partial charge in [0.05, 0.1) is 7.11 Å². The predicted octanol–water partition coefficient (Wildman–Crippen LogP) is 2.36. The number of ether oxygens (including phenoxy) is 1. The molecule has 1 saturated heterocycles. The molecule has 1 aromatic carbocycles. The third-order valence-corrected chi connectivity index (χ3v) is 3.55. The van der Waals surface area contributed by atoms with Gasteiger partial charge in [-0.25, -0.2) is 4.39 Å². The Kier molecular flexibility index (Phi) is 4.93. The highest BCUT2D eigenvalue weighted by molar-refractivity contribution is 5.31. The van der Waals surface area contributed by atoms with Crippen LogP contribution in [0.25, 0.3) is 0 Å². The van der Waals surface area contributed by atoms with Crippen molar-refractivity contribution in [3.05, 3.63) is 42.2 Å². The lowest BCUT2D eigenvalue weighted by molar-refractivity contribution is 0.171. The van der Waals surface area contributed by atoms with Crippen molar-refractivity contribution in [3.63, 3.8) is 0 Å². The molecule has 1 heterocycles. The van der Waals surface area contributed by atoms with E-state index in [1.807, 2.05) is 18.2 Å². The molecule has 0 unspecified atom stereocenters. The number of methoxy groups -OCH3 is 1. The smallest absolute Gasteiger partial charge is 0.131 e. The van der Waals surface area contributed by atoms with Crippen molar-refractivity contribution in [3.8, 4) is 5.75 Å². The predicted molar refractivity (Wildman–Crippen MR) is 74.9 cm³/mol. The largest absolute Gasteiger partial charge is 0.497 e. The molecule has 0 bridgehead atoms. The van der Waals surface area contributed by atoms with E-state index in [0.29, 0.717) is 5.75 Å². The van der Waals surface area contributed by atoms with Gasteiger partial charge in [0.15, 0.2) is 0 Å². The second kappa shape index (κ2) is 6.68. The molecule has 0 amide bonds. The molecule has 1 N–H and O–H groups in total. The molecule has 1 aliphatic heterocycles. The Hall–Kier alpha value is -1.39. The molecule has 0 saturated carbocycles. The van der Waals surface area contributed by atoms with Crippen LogP contribution in [0.15, 0.2) is 30.9 Å². The second-order valence-electron chi connectivity index (χ2n) is 4.71. The molecule has 19 heavy (non-hydrogen) atoms. The van der Waals surface area contributed by atoms with E-state index in [0.717, 1.165) is 38.2 Å². The SMILES string of the molecule is C=CC[C@@H](c1ccc(OC)cc1F)N1CCNCC1. The van der Waals surface area contributed by atoms with Crippen molar-refractivity contribution in [2.75, 3.05) is 33.3 Å². The fourth-order valence-electron chi connectivity index (χ4n) is 2.53. The molecule has 2 rings (SSSR count). The van der Waals surface area contributed by atoms with Gasteiger partial charge >= 0.3 is 0 Å². The minimum atomic E-state index is -0.204. The number of benzene rings is 1. The van der Waals surface area contributed by atoms with E-state index in [2.05, 4.69) is 16.8 Å². The van der Waals surface area contributed by atoms with Crippen molar-refractivity contribution in [1.82, 2.24) is 10.2 Å². The minimum Gasteiger partial charge on any atom is -0.497 e. The van der Waals surface area contributed by atoms with E-state index < -0.39 is 0 Å². The maximum atomic E-state index is 14.2. The van der Waals surface area contributed by atoms with Crippen LogP contribution in [0.1, 0.15) is 18.0 Å². The van der Waals surface area contributed by atoms with Crippen LogP contribution in [0.4, 0.5) is 4.39 Å². The monoisotopic (exact) mass is 264 g/mol. The van der Waals surface area contributed by atoms with E-state index in [9.17, 15) is 4.39 Å². The van der Waals surface area contributed by atoms with Crippen LogP contribution < -0.4 is 10.1 Å². The highest BCUT2D eigenvalue weighted by Crippen LogP contribution is 2.29. The first-order chi connectivity index (χ1) is 9.26. The summed E-state index contributed by atoms with van der Waals surface area (Å²) in [5.74, 6) is 0.351. The summed E-state index contributed by atoms with van der Waals surface area (Å²) in [6.07, 6.45) is 2.61. The number of hydrogen-bond donors (Lipinski definition) is 1. The van der Waals surface area contributed by atoms with Gasteiger partial charge in [-0.1, -0.05) is 12.1 Å². The number of hydrogen-bond acceptors (Lipinski definition) is 3. The average molecular weight is 264 g/mol. The third-order valence-electron chi connectivity index (χ3n) is 3.55. The zero-order chi connectivity index (χ0) is 13.7. The Morgan fingerprint density at radius 3 is 2.79 bits per heavy atom. The molecular formula is C15H21FN2O. The summed E-state index contributed by atoms with van der Waals surface area (Å²) in [7, 11) is 1.55. The topological polar surface area (TPSA) is 24.5 Å². The summed E-state index contributed by atoms with van der Waals surface area (Å²) < 4.78 is 19.3. The van der Waals surface area contributed by atoms with Crippen molar-refractivity contribution < 1.29 is 9.13 Å². The molecule has 1 aliphatic rings. The molecule has 1 atom stereocenters. The normalized spacial score (nSPS) is 18.0. The average Bonchev–Trinajstić information content (AvgIpc) is 2.46. The minimum absolute atomic E-state index is 0.0607. The molecule has 0 spiro atoms. The lowest BCUT2D eigenvalue weighted by Crippen LogP contribution is -2.45. The molecule has 0 radical (unpaired) electrons. The maximum Gasteiger partial charge on any atom is 0.131 e. The van der Waals surface area contributed by atoms with Crippen LogP contribution in [-0.2, 0) is 0 Å². The van der Waals surface area contributed by atoms with Gasteiger partial charge in [0.2, 0.25) is 0 Å². The van der Waals surface area contributed by atoms with Crippen molar-refractivity contribution in [2.45, 2.75) is 12.5 Å². The van der Waals surface area contributed by atoms with Gasteiger partial charge in [0.1, 0.15) is 11.6 Å². The van der Waals surface area contributed by atoms with Crippen LogP contribution in [0.5, 0.6) is 5.75 Å². The van der Waals surface area contributed by atoms with Crippen molar-refractivity contribution in [1.29, 1.82) is 0 Å². The lowest BCUT2D eigenvalue weighted by atomic mass is 10.0. The Balaban J connectivity index is 2.24. The maximum absolute atomic E-state index is 14.2. The van der Waals surface area contributed by atoms with Gasteiger partial charge in [0.25, 0.3) is 0 Å². The first-order valence-electron chi connectivity index (χ1n) is 6.65. The number of nitrogens with zero attached hydrogens (tertiary/aromatic N) is 1. The number of halogens is 1. The van der Waals surface area contributed by atoms with Gasteiger partial charge in [-0.2, -0.15) is 0 Å². The summed E-state index contributed by atoms with van der Waals surface area (Å²) in [5, 5.41) is 3.31. The summed E-state index contributed by atoms with van der Waals surface area (Å²) in [6.45, 7) is 7.56. The number of rotatable bonds is 5. The zero-order valence-corrected chi connectivity index (χ0v) is 11.4. The molecular weight excluding hydrogens is 243 g/mol. The Bertz CT molecular complexity index is 430. The van der Waals surface area contributed by atoms with Crippen LogP contribution in [-0.4, -0.2) is 38.2 Å². The Labute approximate surface area is 114 Å². The number of nitrogens with one attached hydrogen (secondary N) is 1. The standard InChI is InChI=1S/C15H21FN2O/c1-3-4-15(18-9-7-17-8-10-18)13-6-5-12(19-2)11-14(13)16/h3,5-6,11,15,17H,1,4,7-10H2,2H3/t15-/m0/s1. The van der Waals surface area contributed by atoms with Gasteiger partial charge < -0.3 is 10.1 Å². The molecule has 1 fully saturated rings. The van der Waals surface area contributed by atoms with Crippen LogP contribution in [0, 0.1) is 5.82 Å². The van der Waals surface area contributed by atoms with E-state index in [1.54, 1.807) is 7.11 Å². The zero-order valence-electron chi connectivity index (χ0n) is 11.4. The quantitative estimate of drug-likeness (QED) is 0.826. The summed E-state index contributed by atoms with van der Waals surface area (Å²) >= 11 is 0. The van der Waals surface area contributed by atoms with Gasteiger partial charge in [-0.3, -0.25) is 4.90 Å². The Morgan fingerprint density at radius 1 is 1.47 bits per heavy atom. The molecule has 0 aliphatic carbocycles. The van der Waals surface area contributed by atoms with E-state index in [1.165, 1.54) is 6.07 Å². The molecule has 0 aromatic heterocycles. The fraction of sp³-hybridized carbons (Fsp3) is 0.467. The highest BCUT2D eigenvalue weighted by atomic mass is 19.1. The second-order valence-corrected chi connectivity index (χ2v) is 4.71. The molecule has 4 heteroatoms. The molecule has 1 aromatic rings. The highest BCUT2D eigenvalue weighted by Gasteiger charge is 2.23. The van der Waals surface area contributed by atoms with E-state index in [-0.39, 0.29) is 11.9 Å². The molecule has 104 valence electrons. The van der Waals surface area contributed by atoms with Gasteiger partial charge in [-0.05, 0) is 12.5 Å². The summed E-state index contributed by atoms with van der Waals surface area (Å²) in [4.78, 5) is 2.31. The number of piperazine rings is 1. The molecule has 3 nitrogen and oxygen atoms in total. The fourth-order valence-corrected chi connectivity index (χ4v) is 2.53. The first-order valence-corrected chi connectivity index (χ1v) is 6.65. The van der Waals surface area contributed by atoms with Crippen LogP contribution in [0.2, 0.25) is 0 Å². The van der Waals surface area contributed by atoms with Crippen LogP contribution in [0.3, 0.4) is 0 Å². The Morgan fingerprint density at radius 2 is 2.21 bits per heavy atom. The van der Waals surface area contributed by atoms with E-state index in [4.69, 9.17) is 4.74 Å². The lowest BCUT2D eigenvalue weighted by Gasteiger charge is -2.35. The van der Waals surface area contributed by atoms with Crippen molar-refractivity contribution in [2.24, 2.45) is 0 Å². The van der Waals surface area contributed by atoms with Crippen LogP contribution >= 0.6 is 0 Å².